The summed E-state index contributed by atoms with van der Waals surface area (Å²) in [7, 11) is 1.83. The highest BCUT2D eigenvalue weighted by Crippen LogP contribution is 2.22. The number of nitrogens with zero attached hydrogens (tertiary/aromatic N) is 4. The van der Waals surface area contributed by atoms with Crippen molar-refractivity contribution in [2.45, 2.75) is 13.1 Å². The summed E-state index contributed by atoms with van der Waals surface area (Å²) in [6.45, 7) is 4.50. The quantitative estimate of drug-likeness (QED) is 0.554. The molecule has 3 aromatic rings. The lowest BCUT2D eigenvalue weighted by molar-refractivity contribution is -0.125. The summed E-state index contributed by atoms with van der Waals surface area (Å²) in [5, 5.41) is 4.39. The van der Waals surface area contributed by atoms with Gasteiger partial charge in [-0.15, -0.1) is 0 Å². The Morgan fingerprint density at radius 3 is 2.65 bits per heavy atom. The molecule has 160 valence electrons. The van der Waals surface area contributed by atoms with Crippen LogP contribution in [0.25, 0.3) is 6.08 Å². The van der Waals surface area contributed by atoms with E-state index in [4.69, 9.17) is 4.74 Å². The lowest BCUT2D eigenvalue weighted by Crippen LogP contribution is -2.37. The molecule has 0 unspecified atom stereocenters. The van der Waals surface area contributed by atoms with Crippen molar-refractivity contribution in [3.8, 4) is 0 Å². The van der Waals surface area contributed by atoms with Crippen LogP contribution in [0.1, 0.15) is 16.7 Å². The number of amides is 1. The Morgan fingerprint density at radius 1 is 1.10 bits per heavy atom. The van der Waals surface area contributed by atoms with Gasteiger partial charge in [-0.3, -0.25) is 9.48 Å². The second-order valence-electron chi connectivity index (χ2n) is 7.71. The van der Waals surface area contributed by atoms with Crippen molar-refractivity contribution in [2.75, 3.05) is 38.3 Å². The van der Waals surface area contributed by atoms with Gasteiger partial charge in [-0.05, 0) is 23.3 Å². The third kappa shape index (κ3) is 5.61. The van der Waals surface area contributed by atoms with Gasteiger partial charge in [0.25, 0.3) is 0 Å². The van der Waals surface area contributed by atoms with Gasteiger partial charge in [-0.1, -0.05) is 48.5 Å². The second kappa shape index (κ2) is 10.1. The van der Waals surface area contributed by atoms with Gasteiger partial charge >= 0.3 is 0 Å². The first kappa shape index (κ1) is 20.9. The van der Waals surface area contributed by atoms with E-state index >= 15 is 0 Å². The fourth-order valence-electron chi connectivity index (χ4n) is 3.71. The standard InChI is InChI=1S/C25H28N4O2/c1-27(20-23-9-5-6-10-24(23)28-13-15-31-16-14-28)25(30)12-11-22-17-26-29(19-22)18-21-7-3-2-4-8-21/h2-12,17,19H,13-16,18,20H2,1H3. The average molecular weight is 417 g/mol. The molecule has 0 atom stereocenters. The number of rotatable bonds is 7. The molecule has 0 aliphatic carbocycles. The van der Waals surface area contributed by atoms with Crippen molar-refractivity contribution < 1.29 is 9.53 Å². The topological polar surface area (TPSA) is 50.6 Å². The fraction of sp³-hybridized carbons (Fsp3) is 0.280. The average Bonchev–Trinajstić information content (AvgIpc) is 3.26. The molecule has 6 heteroatoms. The Labute approximate surface area is 183 Å². The minimum absolute atomic E-state index is 0.0346. The first-order valence-electron chi connectivity index (χ1n) is 10.6. The summed E-state index contributed by atoms with van der Waals surface area (Å²) in [5.41, 5.74) is 4.42. The molecule has 0 spiro atoms. The zero-order valence-electron chi connectivity index (χ0n) is 17.9. The van der Waals surface area contributed by atoms with Crippen molar-refractivity contribution in [2.24, 2.45) is 0 Å². The van der Waals surface area contributed by atoms with E-state index in [1.165, 1.54) is 11.3 Å². The van der Waals surface area contributed by atoms with Gasteiger partial charge in [0.05, 0.1) is 26.0 Å². The zero-order chi connectivity index (χ0) is 21.5. The molecule has 0 saturated carbocycles. The molecule has 1 aromatic heterocycles. The summed E-state index contributed by atoms with van der Waals surface area (Å²) >= 11 is 0. The minimum Gasteiger partial charge on any atom is -0.378 e. The highest BCUT2D eigenvalue weighted by molar-refractivity contribution is 5.91. The van der Waals surface area contributed by atoms with Crippen LogP contribution in [0.3, 0.4) is 0 Å². The monoisotopic (exact) mass is 416 g/mol. The maximum Gasteiger partial charge on any atom is 0.246 e. The molecule has 0 radical (unpaired) electrons. The Morgan fingerprint density at radius 2 is 1.84 bits per heavy atom. The maximum absolute atomic E-state index is 12.7. The van der Waals surface area contributed by atoms with E-state index < -0.39 is 0 Å². The van der Waals surface area contributed by atoms with Crippen molar-refractivity contribution >= 4 is 17.7 Å². The number of para-hydroxylation sites is 1. The van der Waals surface area contributed by atoms with E-state index in [0.717, 1.165) is 37.4 Å². The molecule has 1 aliphatic heterocycles. The molecule has 4 rings (SSSR count). The largest absolute Gasteiger partial charge is 0.378 e. The zero-order valence-corrected chi connectivity index (χ0v) is 17.9. The Balaban J connectivity index is 1.37. The van der Waals surface area contributed by atoms with Gasteiger partial charge in [0.1, 0.15) is 0 Å². The van der Waals surface area contributed by atoms with E-state index in [2.05, 4.69) is 34.3 Å². The molecule has 1 aliphatic rings. The molecule has 1 saturated heterocycles. The number of ether oxygens (including phenoxy) is 1. The molecule has 2 heterocycles. The number of carbonyl (C=O) groups excluding carboxylic acids is 1. The van der Waals surface area contributed by atoms with E-state index in [0.29, 0.717) is 13.1 Å². The summed E-state index contributed by atoms with van der Waals surface area (Å²) in [4.78, 5) is 16.8. The smallest absolute Gasteiger partial charge is 0.246 e. The van der Waals surface area contributed by atoms with E-state index in [-0.39, 0.29) is 5.91 Å². The van der Waals surface area contributed by atoms with Crippen LogP contribution < -0.4 is 4.90 Å². The number of likely N-dealkylation sites (N-methyl/N-ethyl adjacent to an activating group) is 1. The van der Waals surface area contributed by atoms with Gasteiger partial charge in [0.15, 0.2) is 0 Å². The number of hydrogen-bond acceptors (Lipinski definition) is 4. The van der Waals surface area contributed by atoms with Crippen LogP contribution >= 0.6 is 0 Å². The number of aromatic nitrogens is 2. The number of hydrogen-bond donors (Lipinski definition) is 0. The van der Waals surface area contributed by atoms with Crippen molar-refractivity contribution in [3.05, 3.63) is 89.8 Å². The van der Waals surface area contributed by atoms with Crippen molar-refractivity contribution in [1.82, 2.24) is 14.7 Å². The maximum atomic E-state index is 12.7. The highest BCUT2D eigenvalue weighted by Gasteiger charge is 2.16. The van der Waals surface area contributed by atoms with Crippen molar-refractivity contribution in [3.63, 3.8) is 0 Å². The van der Waals surface area contributed by atoms with Crippen LogP contribution in [0.5, 0.6) is 0 Å². The Bertz CT molecular complexity index is 1020. The normalized spacial score (nSPS) is 14.2. The molecule has 2 aromatic carbocycles. The Kier molecular flexibility index (Phi) is 6.79. The van der Waals surface area contributed by atoms with Crippen molar-refractivity contribution in [1.29, 1.82) is 0 Å². The molecule has 0 N–H and O–H groups in total. The van der Waals surface area contributed by atoms with E-state index in [9.17, 15) is 4.79 Å². The van der Waals surface area contributed by atoms with Crippen LogP contribution in [0.2, 0.25) is 0 Å². The van der Waals surface area contributed by atoms with E-state index in [1.807, 2.05) is 54.3 Å². The number of carbonyl (C=O) groups is 1. The lowest BCUT2D eigenvalue weighted by Gasteiger charge is -2.31. The van der Waals surface area contributed by atoms with Gasteiger partial charge < -0.3 is 14.5 Å². The SMILES string of the molecule is CN(Cc1ccccc1N1CCOCC1)C(=O)C=Cc1cnn(Cc2ccccc2)c1. The minimum atomic E-state index is -0.0346. The molecule has 1 amide bonds. The molecule has 1 fully saturated rings. The molecule has 31 heavy (non-hydrogen) atoms. The fourth-order valence-corrected chi connectivity index (χ4v) is 3.71. The van der Waals surface area contributed by atoms with E-state index in [1.54, 1.807) is 17.2 Å². The molecular formula is C25H28N4O2. The number of benzene rings is 2. The lowest BCUT2D eigenvalue weighted by atomic mass is 10.1. The molecular weight excluding hydrogens is 388 g/mol. The van der Waals surface area contributed by atoms with Gasteiger partial charge in [-0.2, -0.15) is 5.10 Å². The van der Waals surface area contributed by atoms with Crippen LogP contribution in [-0.4, -0.2) is 53.9 Å². The first-order valence-corrected chi connectivity index (χ1v) is 10.6. The molecule has 0 bridgehead atoms. The number of anilines is 1. The van der Waals surface area contributed by atoms with Crippen LogP contribution in [0.4, 0.5) is 5.69 Å². The first-order chi connectivity index (χ1) is 15.2. The Hall–Kier alpha value is -3.38. The second-order valence-corrected chi connectivity index (χ2v) is 7.71. The summed E-state index contributed by atoms with van der Waals surface area (Å²) in [6.07, 6.45) is 7.16. The predicted molar refractivity (Wildman–Crippen MR) is 123 cm³/mol. The third-order valence-electron chi connectivity index (χ3n) is 5.39. The third-order valence-corrected chi connectivity index (χ3v) is 5.39. The predicted octanol–water partition coefficient (Wildman–Crippen LogP) is 3.44. The molecule has 6 nitrogen and oxygen atoms in total. The number of morpholine rings is 1. The summed E-state index contributed by atoms with van der Waals surface area (Å²) in [6, 6.07) is 18.5. The van der Waals surface area contributed by atoms with Crippen LogP contribution in [0.15, 0.2) is 73.1 Å². The van der Waals surface area contributed by atoms with Gasteiger partial charge in [0, 0.05) is 50.2 Å². The highest BCUT2D eigenvalue weighted by atomic mass is 16.5. The summed E-state index contributed by atoms with van der Waals surface area (Å²) in [5.74, 6) is -0.0346. The van der Waals surface area contributed by atoms with Crippen LogP contribution in [-0.2, 0) is 22.6 Å². The summed E-state index contributed by atoms with van der Waals surface area (Å²) < 4.78 is 7.34. The van der Waals surface area contributed by atoms with Crippen LogP contribution in [0, 0.1) is 0 Å². The van der Waals surface area contributed by atoms with Gasteiger partial charge in [-0.25, -0.2) is 0 Å². The van der Waals surface area contributed by atoms with Gasteiger partial charge in [0.2, 0.25) is 5.91 Å².